The van der Waals surface area contributed by atoms with Crippen molar-refractivity contribution in [3.05, 3.63) is 53.7 Å². The third-order valence-corrected chi connectivity index (χ3v) is 4.43. The van der Waals surface area contributed by atoms with E-state index in [0.29, 0.717) is 18.5 Å². The first kappa shape index (κ1) is 14.9. The number of aliphatic hydroxyl groups excluding tert-OH is 1. The van der Waals surface area contributed by atoms with Gasteiger partial charge in [-0.2, -0.15) is 0 Å². The third-order valence-electron chi connectivity index (χ3n) is 4.43. The Morgan fingerprint density at radius 2 is 2.09 bits per heavy atom. The van der Waals surface area contributed by atoms with Crippen LogP contribution in [-0.2, 0) is 6.42 Å². The van der Waals surface area contributed by atoms with Gasteiger partial charge in [0.1, 0.15) is 5.82 Å². The average Bonchev–Trinajstić information content (AvgIpc) is 2.84. The zero-order valence-electron chi connectivity index (χ0n) is 13.2. The molecule has 1 aliphatic carbocycles. The fraction of sp³-hybridized carbons (Fsp3) is 0.389. The van der Waals surface area contributed by atoms with Crippen molar-refractivity contribution in [1.29, 1.82) is 0 Å². The third kappa shape index (κ3) is 2.92. The number of benzene rings is 1. The van der Waals surface area contributed by atoms with Crippen molar-refractivity contribution < 1.29 is 5.11 Å². The number of rotatable bonds is 5. The van der Waals surface area contributed by atoms with Crippen LogP contribution in [0.15, 0.2) is 42.6 Å². The summed E-state index contributed by atoms with van der Waals surface area (Å²) in [5.41, 5.74) is 3.84. The molecule has 116 valence electrons. The van der Waals surface area contributed by atoms with Gasteiger partial charge in [0.15, 0.2) is 0 Å². The molecular weight excluding hydrogens is 274 g/mol. The van der Waals surface area contributed by atoms with E-state index in [2.05, 4.69) is 41.5 Å². The van der Waals surface area contributed by atoms with Crippen molar-refractivity contribution in [2.75, 3.05) is 30.4 Å². The first-order chi connectivity index (χ1) is 10.7. The summed E-state index contributed by atoms with van der Waals surface area (Å²) in [4.78, 5) is 6.51. The number of anilines is 2. The van der Waals surface area contributed by atoms with Gasteiger partial charge in [-0.1, -0.05) is 31.2 Å². The quantitative estimate of drug-likeness (QED) is 0.891. The van der Waals surface area contributed by atoms with Crippen LogP contribution < -0.4 is 10.2 Å². The van der Waals surface area contributed by atoms with E-state index in [1.165, 1.54) is 11.1 Å². The Bertz CT molecular complexity index is 626. The highest BCUT2D eigenvalue weighted by Gasteiger charge is 2.28. The summed E-state index contributed by atoms with van der Waals surface area (Å²) >= 11 is 0. The highest BCUT2D eigenvalue weighted by Crippen LogP contribution is 2.37. The molecule has 2 unspecified atom stereocenters. The molecule has 0 bridgehead atoms. The molecule has 0 radical (unpaired) electrons. The second kappa shape index (κ2) is 6.36. The molecule has 2 aromatic rings. The van der Waals surface area contributed by atoms with Crippen molar-refractivity contribution in [2.24, 2.45) is 5.92 Å². The summed E-state index contributed by atoms with van der Waals surface area (Å²) in [6, 6.07) is 13.0. The maximum absolute atomic E-state index is 8.99. The van der Waals surface area contributed by atoms with E-state index in [1.807, 2.05) is 30.3 Å². The van der Waals surface area contributed by atoms with E-state index >= 15 is 0 Å². The molecule has 0 fully saturated rings. The molecule has 3 rings (SSSR count). The smallest absolute Gasteiger partial charge is 0.126 e. The Hall–Kier alpha value is -2.07. The minimum absolute atomic E-state index is 0.146. The van der Waals surface area contributed by atoms with Crippen molar-refractivity contribution in [3.8, 4) is 0 Å². The number of fused-ring (bicyclic) bond motifs is 1. The molecule has 22 heavy (non-hydrogen) atoms. The van der Waals surface area contributed by atoms with Crippen LogP contribution in [0, 0.1) is 5.92 Å². The lowest BCUT2D eigenvalue weighted by atomic mass is 10.0. The molecule has 2 N–H and O–H groups in total. The largest absolute Gasteiger partial charge is 0.395 e. The van der Waals surface area contributed by atoms with Crippen LogP contribution in [0.2, 0.25) is 0 Å². The molecule has 0 amide bonds. The van der Waals surface area contributed by atoms with Gasteiger partial charge >= 0.3 is 0 Å². The van der Waals surface area contributed by atoms with Crippen LogP contribution >= 0.6 is 0 Å². The Morgan fingerprint density at radius 3 is 2.82 bits per heavy atom. The molecule has 1 aromatic carbocycles. The maximum Gasteiger partial charge on any atom is 0.126 e. The SMILES string of the molecule is CC1Cc2ccccc2C1Nc1ccc(N(C)CCO)cn1. The van der Waals surface area contributed by atoms with Crippen LogP contribution in [0.5, 0.6) is 0 Å². The molecule has 1 aliphatic rings. The standard InChI is InChI=1S/C18H23N3O/c1-13-11-14-5-3-4-6-16(14)18(13)20-17-8-7-15(12-19-17)21(2)9-10-22/h3-8,12-13,18,22H,9-11H2,1-2H3,(H,19,20). The normalized spacial score (nSPS) is 19.8. The van der Waals surface area contributed by atoms with Crippen LogP contribution in [-0.4, -0.2) is 30.3 Å². The van der Waals surface area contributed by atoms with Gasteiger partial charge in [-0.25, -0.2) is 4.98 Å². The molecule has 0 aliphatic heterocycles. The van der Waals surface area contributed by atoms with Crippen LogP contribution in [0.1, 0.15) is 24.1 Å². The lowest BCUT2D eigenvalue weighted by Crippen LogP contribution is -2.21. The monoisotopic (exact) mass is 297 g/mol. The van der Waals surface area contributed by atoms with Crippen molar-refractivity contribution in [2.45, 2.75) is 19.4 Å². The zero-order valence-corrected chi connectivity index (χ0v) is 13.2. The first-order valence-corrected chi connectivity index (χ1v) is 7.81. The molecule has 1 heterocycles. The number of nitrogens with one attached hydrogen (secondary N) is 1. The number of aromatic nitrogens is 1. The Morgan fingerprint density at radius 1 is 1.27 bits per heavy atom. The summed E-state index contributed by atoms with van der Waals surface area (Å²) in [6.45, 7) is 3.04. The summed E-state index contributed by atoms with van der Waals surface area (Å²) in [5, 5.41) is 12.6. The second-order valence-corrected chi connectivity index (χ2v) is 6.05. The second-order valence-electron chi connectivity index (χ2n) is 6.05. The Balaban J connectivity index is 1.74. The van der Waals surface area contributed by atoms with Crippen molar-refractivity contribution in [3.63, 3.8) is 0 Å². The fourth-order valence-electron chi connectivity index (χ4n) is 3.15. The van der Waals surface area contributed by atoms with Gasteiger partial charge in [0, 0.05) is 13.6 Å². The van der Waals surface area contributed by atoms with E-state index in [-0.39, 0.29) is 6.61 Å². The van der Waals surface area contributed by atoms with E-state index in [4.69, 9.17) is 5.11 Å². The van der Waals surface area contributed by atoms with Gasteiger partial charge in [0.25, 0.3) is 0 Å². The van der Waals surface area contributed by atoms with E-state index in [1.54, 1.807) is 0 Å². The average molecular weight is 297 g/mol. The molecule has 0 saturated carbocycles. The van der Waals surface area contributed by atoms with Crippen LogP contribution in [0.4, 0.5) is 11.5 Å². The van der Waals surface area contributed by atoms with Crippen LogP contribution in [0.3, 0.4) is 0 Å². The minimum atomic E-state index is 0.146. The number of likely N-dealkylation sites (N-methyl/N-ethyl adjacent to an activating group) is 1. The van der Waals surface area contributed by atoms with Gasteiger partial charge in [-0.3, -0.25) is 0 Å². The highest BCUT2D eigenvalue weighted by atomic mass is 16.3. The molecule has 0 spiro atoms. The van der Waals surface area contributed by atoms with E-state index in [9.17, 15) is 0 Å². The number of aliphatic hydroxyl groups is 1. The van der Waals surface area contributed by atoms with E-state index in [0.717, 1.165) is 17.9 Å². The topological polar surface area (TPSA) is 48.4 Å². The lowest BCUT2D eigenvalue weighted by molar-refractivity contribution is 0.304. The summed E-state index contributed by atoms with van der Waals surface area (Å²) in [7, 11) is 1.95. The van der Waals surface area contributed by atoms with Gasteiger partial charge < -0.3 is 15.3 Å². The van der Waals surface area contributed by atoms with Crippen molar-refractivity contribution >= 4 is 11.5 Å². The Labute approximate surface area is 131 Å². The van der Waals surface area contributed by atoms with Gasteiger partial charge in [0.2, 0.25) is 0 Å². The van der Waals surface area contributed by atoms with Gasteiger partial charge in [-0.05, 0) is 35.6 Å². The number of hydrogen-bond donors (Lipinski definition) is 2. The van der Waals surface area contributed by atoms with Gasteiger partial charge in [-0.15, -0.1) is 0 Å². The lowest BCUT2D eigenvalue weighted by Gasteiger charge is -2.21. The molecule has 0 saturated heterocycles. The van der Waals surface area contributed by atoms with Crippen LogP contribution in [0.25, 0.3) is 0 Å². The molecular formula is C18H23N3O. The summed E-state index contributed by atoms with van der Waals surface area (Å²) in [6.07, 6.45) is 2.97. The maximum atomic E-state index is 8.99. The molecule has 4 nitrogen and oxygen atoms in total. The zero-order chi connectivity index (χ0) is 15.5. The molecule has 2 atom stereocenters. The summed E-state index contributed by atoms with van der Waals surface area (Å²) in [5.74, 6) is 1.46. The first-order valence-electron chi connectivity index (χ1n) is 7.81. The van der Waals surface area contributed by atoms with Crippen molar-refractivity contribution in [1.82, 2.24) is 4.98 Å². The Kier molecular flexibility index (Phi) is 4.29. The highest BCUT2D eigenvalue weighted by molar-refractivity contribution is 5.51. The molecule has 4 heteroatoms. The minimum Gasteiger partial charge on any atom is -0.395 e. The van der Waals surface area contributed by atoms with Gasteiger partial charge in [0.05, 0.1) is 24.5 Å². The number of nitrogens with zero attached hydrogens (tertiary/aromatic N) is 2. The number of pyridine rings is 1. The van der Waals surface area contributed by atoms with E-state index < -0.39 is 0 Å². The number of hydrogen-bond acceptors (Lipinski definition) is 4. The fourth-order valence-corrected chi connectivity index (χ4v) is 3.15. The predicted molar refractivity (Wildman–Crippen MR) is 90.3 cm³/mol. The predicted octanol–water partition coefficient (Wildman–Crippen LogP) is 2.86. The summed E-state index contributed by atoms with van der Waals surface area (Å²) < 4.78 is 0. The molecule has 1 aromatic heterocycles.